The van der Waals surface area contributed by atoms with Crippen LogP contribution >= 0.6 is 0 Å². The minimum absolute atomic E-state index is 0.0834. The first-order valence-corrected chi connectivity index (χ1v) is 36.5. The Balaban J connectivity index is 0.582. The predicted octanol–water partition coefficient (Wildman–Crippen LogP) is 27.1. The second-order valence-electron chi connectivity index (χ2n) is 29.0. The number of hydrogen-bond acceptors (Lipinski definition) is 6. The van der Waals surface area contributed by atoms with Crippen LogP contribution in [0.15, 0.2) is 367 Å². The highest BCUT2D eigenvalue weighted by Crippen LogP contribution is 2.55. The van der Waals surface area contributed by atoms with E-state index in [9.17, 15) is 0 Å². The van der Waals surface area contributed by atoms with Gasteiger partial charge in [-0.2, -0.15) is 0 Å². The first-order chi connectivity index (χ1) is 52.1. The normalized spacial score (nSPS) is 14.0. The largest absolute Gasteiger partial charge is 0.436 e. The van der Waals surface area contributed by atoms with Gasteiger partial charge in [0.1, 0.15) is 11.0 Å². The fraction of sp³-hybridized carbons (Fsp3) is 0.0600. The number of oxazole rings is 2. The lowest BCUT2D eigenvalue weighted by molar-refractivity contribution is 0.583. The molecule has 6 nitrogen and oxygen atoms in total. The molecule has 0 amide bonds. The lowest BCUT2D eigenvalue weighted by atomic mass is 9.75. The molecule has 20 rings (SSSR count). The highest BCUT2D eigenvalue weighted by molar-refractivity contribution is 6.07. The quantitative estimate of drug-likeness (QED) is 0.108. The Morgan fingerprint density at radius 2 is 0.755 bits per heavy atom. The Labute approximate surface area is 616 Å². The van der Waals surface area contributed by atoms with E-state index in [4.69, 9.17) is 18.8 Å². The van der Waals surface area contributed by atoms with Crippen LogP contribution in [-0.4, -0.2) is 9.97 Å². The lowest BCUT2D eigenvalue weighted by Gasteiger charge is -2.30. The van der Waals surface area contributed by atoms with E-state index >= 15 is 0 Å². The summed E-state index contributed by atoms with van der Waals surface area (Å²) in [6.45, 7) is 7.10. The SMILES string of the molecule is CC1(C)c2ccccc2-c2cc(N(c3ccc(-c4ccc5c(ccc6oc(-c7ccc(CC8(C)c9ccccc9-c9cc(N(c%10ccc(-c%11ccc%12c(ccc%13nc(-c%14ccccc%14)oc%13%12)c%11)cc%10)c%10ccccc%10-c%10ccccc%10)ccc98)cc7)nc65)c4)cc3)c3cccc(-c4ccccc4)c3)ccc21. The van der Waals surface area contributed by atoms with Gasteiger partial charge in [-0.1, -0.05) is 257 Å². The molecule has 0 bridgehead atoms. The topological polar surface area (TPSA) is 58.5 Å². The molecule has 2 aliphatic carbocycles. The van der Waals surface area contributed by atoms with Crippen molar-refractivity contribution >= 4 is 77.9 Å². The van der Waals surface area contributed by atoms with Crippen LogP contribution < -0.4 is 9.80 Å². The fourth-order valence-electron chi connectivity index (χ4n) is 17.0. The number of fused-ring (bicyclic) bond motifs is 12. The highest BCUT2D eigenvalue weighted by Gasteiger charge is 2.40. The van der Waals surface area contributed by atoms with Crippen LogP contribution in [0.3, 0.4) is 0 Å². The molecule has 1 unspecified atom stereocenters. The molecule has 0 saturated carbocycles. The smallest absolute Gasteiger partial charge is 0.227 e. The minimum atomic E-state index is -0.315. The van der Waals surface area contributed by atoms with E-state index in [2.05, 4.69) is 358 Å². The zero-order chi connectivity index (χ0) is 70.6. The molecule has 16 aromatic carbocycles. The monoisotopic (exact) mass is 1360 g/mol. The van der Waals surface area contributed by atoms with Gasteiger partial charge in [0.05, 0.1) is 5.69 Å². The lowest BCUT2D eigenvalue weighted by Crippen LogP contribution is -2.24. The van der Waals surface area contributed by atoms with Gasteiger partial charge in [-0.15, -0.1) is 0 Å². The molecule has 18 aromatic rings. The first-order valence-electron chi connectivity index (χ1n) is 36.5. The Kier molecular flexibility index (Phi) is 14.7. The van der Waals surface area contributed by atoms with E-state index in [1.165, 1.54) is 61.2 Å². The van der Waals surface area contributed by atoms with Crippen molar-refractivity contribution in [3.63, 3.8) is 0 Å². The van der Waals surface area contributed by atoms with E-state index in [1.54, 1.807) is 0 Å². The van der Waals surface area contributed by atoms with Crippen LogP contribution in [0.2, 0.25) is 0 Å². The summed E-state index contributed by atoms with van der Waals surface area (Å²) in [5.74, 6) is 1.23. The van der Waals surface area contributed by atoms with Crippen molar-refractivity contribution in [1.82, 2.24) is 9.97 Å². The average Bonchev–Trinajstić information content (AvgIpc) is 1.57. The third kappa shape index (κ3) is 10.5. The van der Waals surface area contributed by atoms with Gasteiger partial charge in [0.15, 0.2) is 11.2 Å². The van der Waals surface area contributed by atoms with Crippen molar-refractivity contribution in [3.8, 4) is 89.7 Å². The van der Waals surface area contributed by atoms with Crippen molar-refractivity contribution in [3.05, 3.63) is 386 Å². The zero-order valence-electron chi connectivity index (χ0n) is 58.9. The zero-order valence-corrected chi connectivity index (χ0v) is 58.9. The van der Waals surface area contributed by atoms with E-state index in [1.807, 2.05) is 30.3 Å². The van der Waals surface area contributed by atoms with Crippen molar-refractivity contribution in [2.45, 2.75) is 38.0 Å². The molecule has 0 spiro atoms. The Morgan fingerprint density at radius 1 is 0.292 bits per heavy atom. The summed E-state index contributed by atoms with van der Waals surface area (Å²) in [4.78, 5) is 14.9. The molecule has 1 atom stereocenters. The van der Waals surface area contributed by atoms with Gasteiger partial charge in [-0.05, 0) is 228 Å². The third-order valence-electron chi connectivity index (χ3n) is 22.4. The van der Waals surface area contributed by atoms with E-state index < -0.39 is 0 Å². The molecule has 0 saturated heterocycles. The molecule has 6 heteroatoms. The first kappa shape index (κ1) is 62.4. The molecule has 2 heterocycles. The van der Waals surface area contributed by atoms with Crippen LogP contribution in [0.1, 0.15) is 48.6 Å². The van der Waals surface area contributed by atoms with Crippen molar-refractivity contribution < 1.29 is 8.83 Å². The minimum Gasteiger partial charge on any atom is -0.436 e. The molecule has 0 radical (unpaired) electrons. The van der Waals surface area contributed by atoms with E-state index in [0.717, 1.165) is 129 Å². The summed E-state index contributed by atoms with van der Waals surface area (Å²) in [6, 6.07) is 130. The maximum Gasteiger partial charge on any atom is 0.227 e. The van der Waals surface area contributed by atoms with Gasteiger partial charge >= 0.3 is 0 Å². The number of anilines is 6. The molecule has 0 fully saturated rings. The molecular weight excluding hydrogens is 1290 g/mol. The highest BCUT2D eigenvalue weighted by atomic mass is 16.4. The summed E-state index contributed by atoms with van der Waals surface area (Å²) in [5, 5.41) is 4.30. The number of rotatable bonds is 14. The average molecular weight is 1360 g/mol. The van der Waals surface area contributed by atoms with Crippen LogP contribution in [0.25, 0.3) is 133 Å². The van der Waals surface area contributed by atoms with Crippen molar-refractivity contribution in [2.75, 3.05) is 9.80 Å². The van der Waals surface area contributed by atoms with Crippen LogP contribution in [0.4, 0.5) is 34.1 Å². The number of aromatic nitrogens is 2. The maximum absolute atomic E-state index is 6.62. The van der Waals surface area contributed by atoms with Gasteiger partial charge in [0.25, 0.3) is 0 Å². The maximum atomic E-state index is 6.62. The molecule has 502 valence electrons. The predicted molar refractivity (Wildman–Crippen MR) is 438 cm³/mol. The van der Waals surface area contributed by atoms with Gasteiger partial charge in [0, 0.05) is 66.7 Å². The molecule has 0 aliphatic heterocycles. The number of nitrogens with zero attached hydrogens (tertiary/aromatic N) is 4. The Hall–Kier alpha value is -13.4. The summed E-state index contributed by atoms with van der Waals surface area (Å²) in [7, 11) is 0. The second kappa shape index (κ2) is 24.9. The van der Waals surface area contributed by atoms with Crippen LogP contribution in [-0.2, 0) is 17.3 Å². The second-order valence-corrected chi connectivity index (χ2v) is 29.0. The Morgan fingerprint density at radius 3 is 1.46 bits per heavy atom. The molecular formula is C100H70N4O2. The summed E-state index contributed by atoms with van der Waals surface area (Å²) in [6.07, 6.45) is 0.804. The standard InChI is InChI=1S/C100H70N4O2/c1-99(2)88-31-16-13-29-84(88)86-61-79(50-54-89(86)99)103(78-27-19-26-71(60-78)65-20-7-4-8-21-65)76-46-38-66(39-47-76)72-42-52-82-74(58-72)45-57-94-95(82)102-98(105-94)70-36-34-64(35-37-70)63-100(3)90-32-17-14-30-85(90)87-62-80(51-55-91(87)100)104(93-33-18-15-28-81(93)68-22-9-5-10-23-68)77-48-40-67(41-49-77)73-43-53-83-75(59-73)44-56-92-96(83)106-97(101-92)69-24-11-6-12-25-69/h4-62H,63H2,1-3H3. The number of benzene rings is 16. The Bertz CT molecular complexity index is 6460. The summed E-state index contributed by atoms with van der Waals surface area (Å²) >= 11 is 0. The molecule has 0 N–H and O–H groups in total. The number of hydrogen-bond donors (Lipinski definition) is 0. The van der Waals surface area contributed by atoms with Gasteiger partial charge in [-0.3, -0.25) is 0 Å². The van der Waals surface area contributed by atoms with Crippen molar-refractivity contribution in [2.24, 2.45) is 0 Å². The summed E-state index contributed by atoms with van der Waals surface area (Å²) in [5.41, 5.74) is 32.2. The molecule has 2 aromatic heterocycles. The van der Waals surface area contributed by atoms with E-state index in [-0.39, 0.29) is 10.8 Å². The van der Waals surface area contributed by atoms with Crippen LogP contribution in [0.5, 0.6) is 0 Å². The fourth-order valence-corrected chi connectivity index (χ4v) is 17.0. The van der Waals surface area contributed by atoms with Gasteiger partial charge < -0.3 is 18.6 Å². The van der Waals surface area contributed by atoms with Crippen LogP contribution in [0, 0.1) is 0 Å². The number of para-hydroxylation sites is 1. The van der Waals surface area contributed by atoms with E-state index in [0.29, 0.717) is 11.8 Å². The molecule has 106 heavy (non-hydrogen) atoms. The third-order valence-corrected chi connectivity index (χ3v) is 22.4. The van der Waals surface area contributed by atoms with Gasteiger partial charge in [-0.25, -0.2) is 9.97 Å². The summed E-state index contributed by atoms with van der Waals surface area (Å²) < 4.78 is 13.0. The van der Waals surface area contributed by atoms with Crippen molar-refractivity contribution in [1.29, 1.82) is 0 Å². The van der Waals surface area contributed by atoms with Gasteiger partial charge in [0.2, 0.25) is 11.8 Å². The molecule has 2 aliphatic rings.